The van der Waals surface area contributed by atoms with E-state index in [0.29, 0.717) is 12.0 Å². The van der Waals surface area contributed by atoms with Crippen molar-refractivity contribution in [2.45, 2.75) is 64.1 Å². The summed E-state index contributed by atoms with van der Waals surface area (Å²) in [5.74, 6) is -0.716. The number of aryl methyl sites for hydroxylation is 1. The third-order valence-corrected chi connectivity index (χ3v) is 4.03. The highest BCUT2D eigenvalue weighted by Gasteiger charge is 2.47. The largest absolute Gasteiger partial charge is 0.460 e. The molecule has 1 aromatic rings. The Kier molecular flexibility index (Phi) is 4.79. The molecule has 0 saturated carbocycles. The maximum Gasteiger partial charge on any atom is 0.348 e. The molecular weight excluding hydrogens is 255 g/mol. The standard InChI is InChI=1S/C17H23FO2/c1-3-4-5-8-13(2)20-16(19)17(18)12-11-14-9-6-7-10-15(14)17/h6-7,9-10,13H,3-5,8,11-12H2,1-2H3/t13-,17?/m1/s1. The molecule has 1 aliphatic rings. The van der Waals surface area contributed by atoms with E-state index in [-0.39, 0.29) is 12.5 Å². The lowest BCUT2D eigenvalue weighted by molar-refractivity contribution is -0.163. The Morgan fingerprint density at radius 3 is 2.90 bits per heavy atom. The van der Waals surface area contributed by atoms with Crippen molar-refractivity contribution < 1.29 is 13.9 Å². The Morgan fingerprint density at radius 2 is 2.15 bits per heavy atom. The van der Waals surface area contributed by atoms with E-state index in [1.54, 1.807) is 12.1 Å². The van der Waals surface area contributed by atoms with Gasteiger partial charge < -0.3 is 4.74 Å². The number of halogens is 1. The van der Waals surface area contributed by atoms with E-state index in [9.17, 15) is 9.18 Å². The first-order valence-electron chi connectivity index (χ1n) is 7.56. The van der Waals surface area contributed by atoms with Crippen LogP contribution in [0.15, 0.2) is 24.3 Å². The smallest absolute Gasteiger partial charge is 0.348 e. The van der Waals surface area contributed by atoms with Gasteiger partial charge in [0.2, 0.25) is 5.67 Å². The van der Waals surface area contributed by atoms with E-state index in [1.807, 2.05) is 19.1 Å². The minimum atomic E-state index is -1.95. The maximum atomic E-state index is 15.0. The van der Waals surface area contributed by atoms with E-state index in [1.165, 1.54) is 0 Å². The number of hydrogen-bond donors (Lipinski definition) is 0. The minimum absolute atomic E-state index is 0.201. The summed E-state index contributed by atoms with van der Waals surface area (Å²) in [6.45, 7) is 3.97. The summed E-state index contributed by atoms with van der Waals surface area (Å²) in [5, 5.41) is 0. The van der Waals surface area contributed by atoms with Gasteiger partial charge in [0, 0.05) is 12.0 Å². The summed E-state index contributed by atoms with van der Waals surface area (Å²) >= 11 is 0. The molecule has 0 N–H and O–H groups in total. The second kappa shape index (κ2) is 6.38. The molecule has 1 aliphatic carbocycles. The monoisotopic (exact) mass is 278 g/mol. The molecule has 1 unspecified atom stereocenters. The first kappa shape index (κ1) is 15.0. The van der Waals surface area contributed by atoms with Crippen LogP contribution in [-0.4, -0.2) is 12.1 Å². The highest BCUT2D eigenvalue weighted by atomic mass is 19.1. The van der Waals surface area contributed by atoms with Crippen molar-refractivity contribution in [3.05, 3.63) is 35.4 Å². The van der Waals surface area contributed by atoms with Crippen LogP contribution in [-0.2, 0) is 21.6 Å². The molecule has 0 saturated heterocycles. The second-order valence-electron chi connectivity index (χ2n) is 5.67. The SMILES string of the molecule is CCCCC[C@@H](C)OC(=O)C1(F)CCc2ccccc21. The molecule has 110 valence electrons. The fourth-order valence-corrected chi connectivity index (χ4v) is 2.80. The van der Waals surface area contributed by atoms with Crippen LogP contribution >= 0.6 is 0 Å². The summed E-state index contributed by atoms with van der Waals surface area (Å²) in [6, 6.07) is 7.24. The Morgan fingerprint density at radius 1 is 1.40 bits per heavy atom. The molecule has 0 radical (unpaired) electrons. The Balaban J connectivity index is 1.99. The van der Waals surface area contributed by atoms with Crippen molar-refractivity contribution in [3.8, 4) is 0 Å². The van der Waals surface area contributed by atoms with Gasteiger partial charge in [0.1, 0.15) is 0 Å². The van der Waals surface area contributed by atoms with Crippen LogP contribution in [0, 0.1) is 0 Å². The fraction of sp³-hybridized carbons (Fsp3) is 0.588. The van der Waals surface area contributed by atoms with Gasteiger partial charge >= 0.3 is 5.97 Å². The third-order valence-electron chi connectivity index (χ3n) is 4.03. The van der Waals surface area contributed by atoms with Crippen molar-refractivity contribution in [2.24, 2.45) is 0 Å². The van der Waals surface area contributed by atoms with Crippen LogP contribution in [0.25, 0.3) is 0 Å². The van der Waals surface area contributed by atoms with E-state index in [4.69, 9.17) is 4.74 Å². The second-order valence-corrected chi connectivity index (χ2v) is 5.67. The van der Waals surface area contributed by atoms with Gasteiger partial charge in [0.25, 0.3) is 0 Å². The maximum absolute atomic E-state index is 15.0. The summed E-state index contributed by atoms with van der Waals surface area (Å²) in [7, 11) is 0. The highest BCUT2D eigenvalue weighted by molar-refractivity contribution is 5.83. The number of hydrogen-bond acceptors (Lipinski definition) is 2. The van der Waals surface area contributed by atoms with Gasteiger partial charge in [0.15, 0.2) is 0 Å². The molecular formula is C17H23FO2. The number of esters is 1. The zero-order chi connectivity index (χ0) is 14.6. The van der Waals surface area contributed by atoms with Gasteiger partial charge in [-0.1, -0.05) is 44.0 Å². The van der Waals surface area contributed by atoms with E-state index in [0.717, 1.165) is 31.2 Å². The van der Waals surface area contributed by atoms with Gasteiger partial charge in [-0.25, -0.2) is 9.18 Å². The Bertz CT molecular complexity index is 472. The summed E-state index contributed by atoms with van der Waals surface area (Å²) < 4.78 is 20.3. The quantitative estimate of drug-likeness (QED) is 0.572. The first-order valence-corrected chi connectivity index (χ1v) is 7.56. The molecule has 0 aromatic heterocycles. The van der Waals surface area contributed by atoms with Crippen molar-refractivity contribution >= 4 is 5.97 Å². The number of carbonyl (C=O) groups is 1. The molecule has 2 atom stereocenters. The average molecular weight is 278 g/mol. The molecule has 0 amide bonds. The zero-order valence-electron chi connectivity index (χ0n) is 12.3. The van der Waals surface area contributed by atoms with Gasteiger partial charge in [-0.2, -0.15) is 0 Å². The molecule has 2 nitrogen and oxygen atoms in total. The molecule has 0 aliphatic heterocycles. The number of benzene rings is 1. The molecule has 1 aromatic carbocycles. The van der Waals surface area contributed by atoms with Crippen LogP contribution < -0.4 is 0 Å². The first-order chi connectivity index (χ1) is 9.58. The van der Waals surface area contributed by atoms with Crippen LogP contribution in [0.1, 0.15) is 57.1 Å². The van der Waals surface area contributed by atoms with E-state index < -0.39 is 11.6 Å². The average Bonchev–Trinajstić information content (AvgIpc) is 2.79. The van der Waals surface area contributed by atoms with Gasteiger partial charge in [-0.05, 0) is 31.7 Å². The molecule has 0 spiro atoms. The normalized spacial score (nSPS) is 22.4. The molecule has 20 heavy (non-hydrogen) atoms. The topological polar surface area (TPSA) is 26.3 Å². The van der Waals surface area contributed by atoms with Crippen molar-refractivity contribution in [3.63, 3.8) is 0 Å². The fourth-order valence-electron chi connectivity index (χ4n) is 2.80. The summed E-state index contributed by atoms with van der Waals surface area (Å²) in [4.78, 5) is 12.2. The molecule has 2 rings (SSSR count). The van der Waals surface area contributed by atoms with Crippen LogP contribution in [0.3, 0.4) is 0 Å². The summed E-state index contributed by atoms with van der Waals surface area (Å²) in [5.41, 5.74) is -0.536. The van der Waals surface area contributed by atoms with Gasteiger partial charge in [-0.3, -0.25) is 0 Å². The van der Waals surface area contributed by atoms with Crippen molar-refractivity contribution in [2.75, 3.05) is 0 Å². The number of rotatable bonds is 6. The Labute approximate surface area is 120 Å². The number of unbranched alkanes of at least 4 members (excludes halogenated alkanes) is 2. The van der Waals surface area contributed by atoms with Crippen molar-refractivity contribution in [1.82, 2.24) is 0 Å². The predicted octanol–water partition coefficient (Wildman–Crippen LogP) is 4.31. The lowest BCUT2D eigenvalue weighted by Crippen LogP contribution is -2.33. The van der Waals surface area contributed by atoms with Crippen LogP contribution in [0.2, 0.25) is 0 Å². The highest BCUT2D eigenvalue weighted by Crippen LogP contribution is 2.41. The molecule has 0 heterocycles. The number of fused-ring (bicyclic) bond motifs is 1. The minimum Gasteiger partial charge on any atom is -0.460 e. The lowest BCUT2D eigenvalue weighted by atomic mass is 9.98. The predicted molar refractivity (Wildman–Crippen MR) is 77.2 cm³/mol. The molecule has 0 bridgehead atoms. The number of alkyl halides is 1. The molecule has 3 heteroatoms. The van der Waals surface area contributed by atoms with Gasteiger partial charge in [-0.15, -0.1) is 0 Å². The zero-order valence-corrected chi connectivity index (χ0v) is 12.3. The Hall–Kier alpha value is -1.38. The lowest BCUT2D eigenvalue weighted by Gasteiger charge is -2.22. The van der Waals surface area contributed by atoms with Gasteiger partial charge in [0.05, 0.1) is 6.10 Å². The van der Waals surface area contributed by atoms with E-state index >= 15 is 0 Å². The third kappa shape index (κ3) is 3.02. The van der Waals surface area contributed by atoms with Crippen LogP contribution in [0.5, 0.6) is 0 Å². The van der Waals surface area contributed by atoms with Crippen molar-refractivity contribution in [1.29, 1.82) is 0 Å². The van der Waals surface area contributed by atoms with E-state index in [2.05, 4.69) is 6.92 Å². The number of carbonyl (C=O) groups excluding carboxylic acids is 1. The summed E-state index contributed by atoms with van der Waals surface area (Å²) in [6.07, 6.45) is 4.65. The molecule has 0 fully saturated rings. The number of ether oxygens (including phenoxy) is 1. The van der Waals surface area contributed by atoms with Crippen LogP contribution in [0.4, 0.5) is 4.39 Å².